The molecule has 27 heavy (non-hydrogen) atoms. The molecule has 1 N–H and O–H groups in total. The zero-order valence-corrected chi connectivity index (χ0v) is 17.2. The lowest BCUT2D eigenvalue weighted by Crippen LogP contribution is -2.38. The van der Waals surface area contributed by atoms with Gasteiger partial charge in [-0.2, -0.15) is 0 Å². The number of aryl methyl sites for hydroxylation is 2. The standard InChI is InChI=1S/C17H22N6O2S2/c1-4-23-16(22-5-7-25-8-6-22)20-21-17(23)26-9-12-18-14(24)13-10(2)11(3)27-15(13)19-12/h4-9H2,1-3H3,(H,18,19,24). The molecule has 1 aliphatic heterocycles. The molecule has 4 rings (SSSR count). The summed E-state index contributed by atoms with van der Waals surface area (Å²) in [5, 5.41) is 10.3. The average molecular weight is 407 g/mol. The van der Waals surface area contributed by atoms with Crippen LogP contribution in [0.4, 0.5) is 5.95 Å². The Morgan fingerprint density at radius 2 is 2.04 bits per heavy atom. The second-order valence-electron chi connectivity index (χ2n) is 6.39. The lowest BCUT2D eigenvalue weighted by Gasteiger charge is -2.27. The van der Waals surface area contributed by atoms with Gasteiger partial charge in [0.05, 0.1) is 24.4 Å². The van der Waals surface area contributed by atoms with Gasteiger partial charge in [0.2, 0.25) is 5.95 Å². The van der Waals surface area contributed by atoms with Gasteiger partial charge in [0.15, 0.2) is 5.16 Å². The first-order chi connectivity index (χ1) is 13.1. The van der Waals surface area contributed by atoms with E-state index in [1.807, 2.05) is 13.8 Å². The minimum Gasteiger partial charge on any atom is -0.378 e. The summed E-state index contributed by atoms with van der Waals surface area (Å²) < 4.78 is 7.52. The van der Waals surface area contributed by atoms with Crippen molar-refractivity contribution in [1.82, 2.24) is 24.7 Å². The van der Waals surface area contributed by atoms with Crippen molar-refractivity contribution in [1.29, 1.82) is 0 Å². The van der Waals surface area contributed by atoms with Gasteiger partial charge in [-0.3, -0.25) is 9.36 Å². The number of thiophene rings is 1. The highest BCUT2D eigenvalue weighted by Gasteiger charge is 2.20. The number of ether oxygens (including phenoxy) is 1. The Bertz CT molecular complexity index is 1020. The van der Waals surface area contributed by atoms with Crippen LogP contribution in [0.1, 0.15) is 23.2 Å². The van der Waals surface area contributed by atoms with E-state index >= 15 is 0 Å². The molecule has 0 saturated carbocycles. The molecule has 144 valence electrons. The fourth-order valence-electron chi connectivity index (χ4n) is 3.16. The van der Waals surface area contributed by atoms with Crippen molar-refractivity contribution in [3.05, 3.63) is 26.6 Å². The smallest absolute Gasteiger partial charge is 0.259 e. The second-order valence-corrected chi connectivity index (χ2v) is 8.54. The maximum Gasteiger partial charge on any atom is 0.259 e. The molecule has 0 unspecified atom stereocenters. The Hall–Kier alpha value is -1.91. The largest absolute Gasteiger partial charge is 0.378 e. The summed E-state index contributed by atoms with van der Waals surface area (Å²) in [6.07, 6.45) is 0. The van der Waals surface area contributed by atoms with Crippen molar-refractivity contribution >= 4 is 39.3 Å². The van der Waals surface area contributed by atoms with Gasteiger partial charge in [-0.05, 0) is 26.3 Å². The zero-order chi connectivity index (χ0) is 19.0. The lowest BCUT2D eigenvalue weighted by atomic mass is 10.2. The maximum atomic E-state index is 12.4. The number of anilines is 1. The summed E-state index contributed by atoms with van der Waals surface area (Å²) in [6.45, 7) is 9.93. The van der Waals surface area contributed by atoms with Crippen molar-refractivity contribution in [2.24, 2.45) is 0 Å². The van der Waals surface area contributed by atoms with Gasteiger partial charge in [-0.25, -0.2) is 4.98 Å². The number of H-pyrrole nitrogens is 1. The van der Waals surface area contributed by atoms with Gasteiger partial charge in [-0.1, -0.05) is 11.8 Å². The van der Waals surface area contributed by atoms with Crippen molar-refractivity contribution < 1.29 is 4.74 Å². The molecule has 0 bridgehead atoms. The molecule has 0 aliphatic carbocycles. The van der Waals surface area contributed by atoms with Crippen molar-refractivity contribution in [2.45, 2.75) is 38.2 Å². The first-order valence-electron chi connectivity index (χ1n) is 8.96. The monoisotopic (exact) mass is 406 g/mol. The Labute approximate surface area is 165 Å². The van der Waals surface area contributed by atoms with E-state index in [1.54, 1.807) is 23.1 Å². The van der Waals surface area contributed by atoms with Crippen molar-refractivity contribution in [2.75, 3.05) is 31.2 Å². The number of aromatic amines is 1. The van der Waals surface area contributed by atoms with Crippen molar-refractivity contribution in [3.8, 4) is 0 Å². The van der Waals surface area contributed by atoms with Gasteiger partial charge in [0.25, 0.3) is 5.56 Å². The molecule has 8 nitrogen and oxygen atoms in total. The van der Waals surface area contributed by atoms with E-state index in [0.717, 1.165) is 46.0 Å². The summed E-state index contributed by atoms with van der Waals surface area (Å²) in [5.74, 6) is 2.09. The Kier molecular flexibility index (Phi) is 5.20. The number of fused-ring (bicyclic) bond motifs is 1. The predicted molar refractivity (Wildman–Crippen MR) is 108 cm³/mol. The molecule has 0 amide bonds. The third-order valence-electron chi connectivity index (χ3n) is 4.73. The highest BCUT2D eigenvalue weighted by Crippen LogP contribution is 2.28. The molecule has 0 spiro atoms. The number of nitrogens with one attached hydrogen (secondary N) is 1. The molecular weight excluding hydrogens is 384 g/mol. The van der Waals surface area contributed by atoms with E-state index in [4.69, 9.17) is 4.74 Å². The van der Waals surface area contributed by atoms with Gasteiger partial charge in [0.1, 0.15) is 10.7 Å². The summed E-state index contributed by atoms with van der Waals surface area (Å²) in [4.78, 5) is 24.1. The third kappa shape index (κ3) is 3.48. The molecule has 3 aromatic rings. The number of hydrogen-bond donors (Lipinski definition) is 1. The Morgan fingerprint density at radius 1 is 1.26 bits per heavy atom. The van der Waals surface area contributed by atoms with Crippen LogP contribution in [0, 0.1) is 13.8 Å². The minimum atomic E-state index is -0.0663. The van der Waals surface area contributed by atoms with Gasteiger partial charge < -0.3 is 14.6 Å². The molecule has 10 heteroatoms. The summed E-state index contributed by atoms with van der Waals surface area (Å²) >= 11 is 3.11. The SMILES string of the molecule is CCn1c(SCc2nc3sc(C)c(C)c3c(=O)[nH]2)nnc1N1CCOCC1. The highest BCUT2D eigenvalue weighted by molar-refractivity contribution is 7.98. The van der Waals surface area contributed by atoms with Gasteiger partial charge >= 0.3 is 0 Å². The molecule has 1 aliphatic rings. The lowest BCUT2D eigenvalue weighted by molar-refractivity contribution is 0.121. The van der Waals surface area contributed by atoms with Crippen LogP contribution in [0.25, 0.3) is 10.2 Å². The third-order valence-corrected chi connectivity index (χ3v) is 6.81. The summed E-state index contributed by atoms with van der Waals surface area (Å²) in [7, 11) is 0. The van der Waals surface area contributed by atoms with E-state index in [2.05, 4.69) is 36.6 Å². The Morgan fingerprint density at radius 3 is 2.78 bits per heavy atom. The first-order valence-corrected chi connectivity index (χ1v) is 10.8. The topological polar surface area (TPSA) is 88.9 Å². The number of nitrogens with zero attached hydrogens (tertiary/aromatic N) is 5. The molecule has 0 atom stereocenters. The van der Waals surface area contributed by atoms with Crippen LogP contribution in [-0.2, 0) is 17.0 Å². The number of hydrogen-bond acceptors (Lipinski definition) is 8. The minimum absolute atomic E-state index is 0.0663. The van der Waals surface area contributed by atoms with E-state index < -0.39 is 0 Å². The first kappa shape index (κ1) is 18.5. The van der Waals surface area contributed by atoms with Crippen LogP contribution < -0.4 is 10.5 Å². The van der Waals surface area contributed by atoms with Crippen molar-refractivity contribution in [3.63, 3.8) is 0 Å². The maximum absolute atomic E-state index is 12.4. The fourth-order valence-corrected chi connectivity index (χ4v) is 5.08. The van der Waals surface area contributed by atoms with Crippen LogP contribution in [0.3, 0.4) is 0 Å². The molecule has 0 aromatic carbocycles. The van der Waals surface area contributed by atoms with Crippen LogP contribution >= 0.6 is 23.1 Å². The Balaban J connectivity index is 1.56. The van der Waals surface area contributed by atoms with E-state index in [9.17, 15) is 4.79 Å². The van der Waals surface area contributed by atoms with Crippen LogP contribution in [0.15, 0.2) is 9.95 Å². The second kappa shape index (κ2) is 7.61. The summed E-state index contributed by atoms with van der Waals surface area (Å²) in [5.41, 5.74) is 0.951. The predicted octanol–water partition coefficient (Wildman–Crippen LogP) is 2.34. The molecule has 3 aromatic heterocycles. The van der Waals surface area contributed by atoms with Crippen LogP contribution in [-0.4, -0.2) is 51.0 Å². The molecular formula is C17H22N6O2S2. The van der Waals surface area contributed by atoms with Gasteiger partial charge in [-0.15, -0.1) is 21.5 Å². The highest BCUT2D eigenvalue weighted by atomic mass is 32.2. The molecule has 0 radical (unpaired) electrons. The average Bonchev–Trinajstić information content (AvgIpc) is 3.21. The van der Waals surface area contributed by atoms with E-state index in [0.29, 0.717) is 30.2 Å². The number of thioether (sulfide) groups is 1. The molecule has 4 heterocycles. The zero-order valence-electron chi connectivity index (χ0n) is 15.6. The van der Waals surface area contributed by atoms with E-state index in [-0.39, 0.29) is 5.56 Å². The number of rotatable bonds is 5. The van der Waals surface area contributed by atoms with Gasteiger partial charge in [0, 0.05) is 24.5 Å². The fraction of sp³-hybridized carbons (Fsp3) is 0.529. The number of morpholine rings is 1. The molecule has 1 saturated heterocycles. The summed E-state index contributed by atoms with van der Waals surface area (Å²) in [6, 6.07) is 0. The van der Waals surface area contributed by atoms with Crippen LogP contribution in [0.2, 0.25) is 0 Å². The van der Waals surface area contributed by atoms with Crippen LogP contribution in [0.5, 0.6) is 0 Å². The molecule has 1 fully saturated rings. The van der Waals surface area contributed by atoms with E-state index in [1.165, 1.54) is 0 Å². The normalized spacial score (nSPS) is 15.0. The number of aromatic nitrogens is 5. The quantitative estimate of drug-likeness (QED) is 0.651.